The van der Waals surface area contributed by atoms with Crippen molar-refractivity contribution < 1.29 is 19.0 Å². The Kier molecular flexibility index (Phi) is 7.30. The van der Waals surface area contributed by atoms with Gasteiger partial charge < -0.3 is 19.5 Å². The molecule has 1 aliphatic heterocycles. The molecule has 1 heterocycles. The molecule has 7 nitrogen and oxygen atoms in total. The van der Waals surface area contributed by atoms with Crippen LogP contribution in [-0.4, -0.2) is 45.3 Å². The zero-order chi connectivity index (χ0) is 21.5. The minimum absolute atomic E-state index is 0.0786. The minimum atomic E-state index is -0.310. The number of benzene rings is 2. The third-order valence-electron chi connectivity index (χ3n) is 4.81. The van der Waals surface area contributed by atoms with Crippen LogP contribution in [0.5, 0.6) is 11.5 Å². The minimum Gasteiger partial charge on any atom is -0.497 e. The van der Waals surface area contributed by atoms with Crippen molar-refractivity contribution in [3.63, 3.8) is 0 Å². The number of rotatable bonds is 6. The third kappa shape index (κ3) is 5.97. The van der Waals surface area contributed by atoms with Crippen molar-refractivity contribution in [2.75, 3.05) is 32.7 Å². The van der Waals surface area contributed by atoms with E-state index in [2.05, 4.69) is 21.7 Å². The summed E-state index contributed by atoms with van der Waals surface area (Å²) in [5.74, 6) is 1.15. The van der Waals surface area contributed by atoms with E-state index in [0.717, 1.165) is 36.3 Å². The fourth-order valence-corrected chi connectivity index (χ4v) is 3.39. The molecule has 0 aromatic heterocycles. The van der Waals surface area contributed by atoms with Crippen LogP contribution in [0.15, 0.2) is 41.4 Å². The van der Waals surface area contributed by atoms with Crippen molar-refractivity contribution in [1.29, 1.82) is 0 Å². The van der Waals surface area contributed by atoms with Gasteiger partial charge in [-0.05, 0) is 62.1 Å². The molecule has 1 saturated heterocycles. The Balaban J connectivity index is 1.82. The van der Waals surface area contributed by atoms with Crippen LogP contribution in [0.3, 0.4) is 0 Å². The number of carbonyl (C=O) groups excluding carboxylic acids is 1. The highest BCUT2D eigenvalue weighted by Crippen LogP contribution is 2.22. The fourth-order valence-electron chi connectivity index (χ4n) is 3.39. The van der Waals surface area contributed by atoms with Crippen molar-refractivity contribution in [3.05, 3.63) is 53.1 Å². The molecule has 0 radical (unpaired) electrons. The Bertz CT molecular complexity index is 878. The summed E-state index contributed by atoms with van der Waals surface area (Å²) in [6.07, 6.45) is 2.09. The van der Waals surface area contributed by atoms with Crippen LogP contribution in [0.2, 0.25) is 0 Å². The van der Waals surface area contributed by atoms with E-state index in [-0.39, 0.29) is 12.0 Å². The summed E-state index contributed by atoms with van der Waals surface area (Å²) in [5, 5.41) is 6.12. The number of anilines is 1. The van der Waals surface area contributed by atoms with Crippen molar-refractivity contribution in [3.8, 4) is 11.5 Å². The van der Waals surface area contributed by atoms with E-state index in [1.807, 2.05) is 26.0 Å². The number of hydrogen-bond donors (Lipinski definition) is 2. The Morgan fingerprint density at radius 1 is 1.07 bits per heavy atom. The van der Waals surface area contributed by atoms with Gasteiger partial charge in [0.15, 0.2) is 0 Å². The lowest BCUT2D eigenvalue weighted by molar-refractivity contribution is 0.0975. The first-order valence-corrected chi connectivity index (χ1v) is 10.0. The molecule has 0 unspecified atom stereocenters. The summed E-state index contributed by atoms with van der Waals surface area (Å²) in [6.45, 7) is 5.30. The van der Waals surface area contributed by atoms with Gasteiger partial charge in [-0.25, -0.2) is 4.99 Å². The quantitative estimate of drug-likeness (QED) is 0.560. The van der Waals surface area contributed by atoms with Gasteiger partial charge in [-0.2, -0.15) is 0 Å². The number of carbonyl (C=O) groups is 1. The molecule has 0 spiro atoms. The van der Waals surface area contributed by atoms with E-state index < -0.39 is 0 Å². The largest absolute Gasteiger partial charge is 0.497 e. The van der Waals surface area contributed by atoms with Gasteiger partial charge in [0.05, 0.1) is 26.9 Å². The van der Waals surface area contributed by atoms with E-state index >= 15 is 0 Å². The Morgan fingerprint density at radius 2 is 1.73 bits per heavy atom. The second-order valence-electron chi connectivity index (χ2n) is 7.38. The number of nitrogens with one attached hydrogen (secondary N) is 2. The first-order valence-electron chi connectivity index (χ1n) is 10.0. The normalized spacial score (nSPS) is 16.3. The standard InChI is InChI=1S/C23H29N3O4/c1-15-8-16(2)10-18(9-15)25-23(24-14-19-6-5-7-30-19)26-22(27)17-11-20(28-3)13-21(12-17)29-4/h8-13,19H,5-7,14H2,1-4H3,(H2,24,25,26,27)/t19-/m1/s1. The Hall–Kier alpha value is -3.06. The Morgan fingerprint density at radius 3 is 2.30 bits per heavy atom. The maximum Gasteiger partial charge on any atom is 0.258 e. The van der Waals surface area contributed by atoms with Crippen molar-refractivity contribution in [2.24, 2.45) is 4.99 Å². The molecular weight excluding hydrogens is 382 g/mol. The maximum absolute atomic E-state index is 12.9. The smallest absolute Gasteiger partial charge is 0.258 e. The van der Waals surface area contributed by atoms with Crippen LogP contribution < -0.4 is 20.1 Å². The predicted molar refractivity (Wildman–Crippen MR) is 118 cm³/mol. The lowest BCUT2D eigenvalue weighted by Gasteiger charge is -2.15. The lowest BCUT2D eigenvalue weighted by Crippen LogP contribution is -2.36. The third-order valence-corrected chi connectivity index (χ3v) is 4.81. The molecule has 0 bridgehead atoms. The number of aryl methyl sites for hydroxylation is 2. The van der Waals surface area contributed by atoms with E-state index in [1.54, 1.807) is 32.4 Å². The number of ether oxygens (including phenoxy) is 3. The van der Waals surface area contributed by atoms with Crippen molar-refractivity contribution >= 4 is 17.6 Å². The molecule has 1 atom stereocenters. The molecular formula is C23H29N3O4. The van der Waals surface area contributed by atoms with Gasteiger partial charge in [0.25, 0.3) is 5.91 Å². The van der Waals surface area contributed by atoms with Crippen molar-refractivity contribution in [1.82, 2.24) is 5.32 Å². The highest BCUT2D eigenvalue weighted by Gasteiger charge is 2.17. The molecule has 30 heavy (non-hydrogen) atoms. The molecule has 2 aromatic rings. The van der Waals surface area contributed by atoms with E-state index in [4.69, 9.17) is 14.2 Å². The average molecular weight is 412 g/mol. The van der Waals surface area contributed by atoms with Crippen molar-refractivity contribution in [2.45, 2.75) is 32.8 Å². The summed E-state index contributed by atoms with van der Waals surface area (Å²) >= 11 is 0. The van der Waals surface area contributed by atoms with Gasteiger partial charge in [0.1, 0.15) is 11.5 Å². The molecule has 3 rings (SSSR count). The highest BCUT2D eigenvalue weighted by atomic mass is 16.5. The second-order valence-corrected chi connectivity index (χ2v) is 7.38. The Labute approximate surface area is 177 Å². The van der Waals surface area contributed by atoms with Crippen LogP contribution in [-0.2, 0) is 4.74 Å². The van der Waals surface area contributed by atoms with Gasteiger partial charge in [-0.3, -0.25) is 10.1 Å². The fraction of sp³-hybridized carbons (Fsp3) is 0.391. The molecule has 0 aliphatic carbocycles. The van der Waals surface area contributed by atoms with Gasteiger partial charge in [0.2, 0.25) is 5.96 Å². The van der Waals surface area contributed by atoms with Gasteiger partial charge >= 0.3 is 0 Å². The number of methoxy groups -OCH3 is 2. The monoisotopic (exact) mass is 411 g/mol. The molecule has 1 aliphatic rings. The second kappa shape index (κ2) is 10.1. The SMILES string of the molecule is COc1cc(OC)cc(C(=O)NC(=NC[C@H]2CCCO2)Nc2cc(C)cc(C)c2)c1. The maximum atomic E-state index is 12.9. The molecule has 160 valence electrons. The van der Waals surface area contributed by atoms with E-state index in [0.29, 0.717) is 29.6 Å². The summed E-state index contributed by atoms with van der Waals surface area (Å²) in [5.41, 5.74) is 3.53. The zero-order valence-electron chi connectivity index (χ0n) is 18.0. The summed E-state index contributed by atoms with van der Waals surface area (Å²) in [7, 11) is 3.10. The van der Waals surface area contributed by atoms with Gasteiger partial charge in [-0.1, -0.05) is 6.07 Å². The van der Waals surface area contributed by atoms with Crippen LogP contribution in [0.4, 0.5) is 5.69 Å². The van der Waals surface area contributed by atoms with Crippen LogP contribution >= 0.6 is 0 Å². The highest BCUT2D eigenvalue weighted by molar-refractivity contribution is 6.10. The van der Waals surface area contributed by atoms with Crippen LogP contribution in [0, 0.1) is 13.8 Å². The lowest BCUT2D eigenvalue weighted by atomic mass is 10.1. The molecule has 2 N–H and O–H groups in total. The summed E-state index contributed by atoms with van der Waals surface area (Å²) in [6, 6.07) is 11.1. The summed E-state index contributed by atoms with van der Waals surface area (Å²) < 4.78 is 16.2. The molecule has 1 amide bonds. The molecule has 2 aromatic carbocycles. The number of aliphatic imine (C=N–C) groups is 1. The van der Waals surface area contributed by atoms with Crippen LogP contribution in [0.25, 0.3) is 0 Å². The molecule has 1 fully saturated rings. The number of hydrogen-bond acceptors (Lipinski definition) is 5. The first kappa shape index (κ1) is 21.6. The first-order chi connectivity index (χ1) is 14.5. The number of guanidine groups is 1. The van der Waals surface area contributed by atoms with Crippen LogP contribution in [0.1, 0.15) is 34.3 Å². The molecule has 0 saturated carbocycles. The topological polar surface area (TPSA) is 81.2 Å². The summed E-state index contributed by atoms with van der Waals surface area (Å²) in [4.78, 5) is 17.5. The number of nitrogens with zero attached hydrogens (tertiary/aromatic N) is 1. The zero-order valence-corrected chi connectivity index (χ0v) is 18.0. The number of amides is 1. The van der Waals surface area contributed by atoms with Gasteiger partial charge in [-0.15, -0.1) is 0 Å². The average Bonchev–Trinajstić information content (AvgIpc) is 3.24. The van der Waals surface area contributed by atoms with E-state index in [9.17, 15) is 4.79 Å². The molecule has 7 heteroatoms. The van der Waals surface area contributed by atoms with E-state index in [1.165, 1.54) is 0 Å². The predicted octanol–water partition coefficient (Wildman–Crippen LogP) is 3.70. The van der Waals surface area contributed by atoms with Gasteiger partial charge in [0, 0.05) is 23.9 Å².